The van der Waals surface area contributed by atoms with E-state index in [2.05, 4.69) is 5.32 Å². The fourth-order valence-electron chi connectivity index (χ4n) is 2.61. The highest BCUT2D eigenvalue weighted by Gasteiger charge is 2.14. The van der Waals surface area contributed by atoms with Gasteiger partial charge in [-0.1, -0.05) is 72.8 Å². The molecule has 0 aliphatic rings. The molecule has 1 N–H and O–H groups in total. The number of amides is 1. The number of nitrogens with one attached hydrogen (secondary N) is 1. The molecule has 4 heteroatoms. The van der Waals surface area contributed by atoms with Gasteiger partial charge in [-0.05, 0) is 34.9 Å². The molecule has 0 atom stereocenters. The zero-order valence-corrected chi connectivity index (χ0v) is 14.9. The number of methoxy groups -OCH3 is 1. The van der Waals surface area contributed by atoms with Gasteiger partial charge in [0.15, 0.2) is 0 Å². The number of rotatable bonds is 5. The fraction of sp³-hybridized carbons (Fsp3) is 0.0435. The van der Waals surface area contributed by atoms with Gasteiger partial charge in [0, 0.05) is 5.56 Å². The Hall–Kier alpha value is -3.66. The van der Waals surface area contributed by atoms with Gasteiger partial charge in [0.25, 0.3) is 5.91 Å². The van der Waals surface area contributed by atoms with E-state index in [1.807, 2.05) is 60.7 Å². The quantitative estimate of drug-likeness (QED) is 0.547. The van der Waals surface area contributed by atoms with E-state index in [-0.39, 0.29) is 11.6 Å². The van der Waals surface area contributed by atoms with Crippen molar-refractivity contribution in [3.63, 3.8) is 0 Å². The molecule has 27 heavy (non-hydrogen) atoms. The predicted molar refractivity (Wildman–Crippen MR) is 106 cm³/mol. The lowest BCUT2D eigenvalue weighted by Gasteiger charge is -2.09. The predicted octanol–water partition coefficient (Wildman–Crippen LogP) is 4.30. The fourth-order valence-corrected chi connectivity index (χ4v) is 2.61. The molecule has 0 aliphatic heterocycles. The third-order valence-corrected chi connectivity index (χ3v) is 4.02. The summed E-state index contributed by atoms with van der Waals surface area (Å²) in [7, 11) is 1.28. The number of benzene rings is 3. The van der Waals surface area contributed by atoms with Crippen LogP contribution in [0.15, 0.2) is 90.6 Å². The lowest BCUT2D eigenvalue weighted by atomic mass is 10.0. The van der Waals surface area contributed by atoms with Gasteiger partial charge in [-0.2, -0.15) is 0 Å². The second kappa shape index (κ2) is 8.63. The van der Waals surface area contributed by atoms with Crippen LogP contribution in [0.4, 0.5) is 0 Å². The van der Waals surface area contributed by atoms with Crippen molar-refractivity contribution in [3.8, 4) is 11.1 Å². The SMILES string of the molecule is COC(=O)/C(=C\c1ccc(-c2ccccc2)cc1)NC(=O)c1ccccc1. The Bertz CT molecular complexity index is 946. The molecule has 134 valence electrons. The van der Waals surface area contributed by atoms with Crippen LogP contribution in [0, 0.1) is 0 Å². The monoisotopic (exact) mass is 357 g/mol. The van der Waals surface area contributed by atoms with E-state index >= 15 is 0 Å². The minimum atomic E-state index is -0.605. The normalized spacial score (nSPS) is 10.9. The molecule has 4 nitrogen and oxygen atoms in total. The second-order valence-corrected chi connectivity index (χ2v) is 5.86. The zero-order chi connectivity index (χ0) is 19.1. The van der Waals surface area contributed by atoms with E-state index in [0.717, 1.165) is 16.7 Å². The van der Waals surface area contributed by atoms with Crippen LogP contribution in [0.1, 0.15) is 15.9 Å². The number of esters is 1. The second-order valence-electron chi connectivity index (χ2n) is 5.86. The molecule has 0 heterocycles. The molecule has 0 saturated carbocycles. The highest BCUT2D eigenvalue weighted by atomic mass is 16.5. The van der Waals surface area contributed by atoms with Gasteiger partial charge >= 0.3 is 5.97 Å². The van der Waals surface area contributed by atoms with E-state index in [1.54, 1.807) is 30.3 Å². The summed E-state index contributed by atoms with van der Waals surface area (Å²) < 4.78 is 4.79. The third kappa shape index (κ3) is 4.70. The van der Waals surface area contributed by atoms with Crippen molar-refractivity contribution in [2.75, 3.05) is 7.11 Å². The molecule has 1 amide bonds. The average molecular weight is 357 g/mol. The van der Waals surface area contributed by atoms with Gasteiger partial charge in [-0.3, -0.25) is 4.79 Å². The molecule has 0 saturated heterocycles. The van der Waals surface area contributed by atoms with Crippen LogP contribution in [0.2, 0.25) is 0 Å². The highest BCUT2D eigenvalue weighted by Crippen LogP contribution is 2.20. The topological polar surface area (TPSA) is 55.4 Å². The van der Waals surface area contributed by atoms with E-state index in [4.69, 9.17) is 4.74 Å². The Kier molecular flexibility index (Phi) is 5.80. The summed E-state index contributed by atoms with van der Waals surface area (Å²) in [6.07, 6.45) is 1.60. The van der Waals surface area contributed by atoms with Gasteiger partial charge in [0.2, 0.25) is 0 Å². The van der Waals surface area contributed by atoms with E-state index in [1.165, 1.54) is 7.11 Å². The molecule has 0 bridgehead atoms. The maximum absolute atomic E-state index is 12.3. The van der Waals surface area contributed by atoms with Crippen LogP contribution < -0.4 is 5.32 Å². The molecular formula is C23H19NO3. The van der Waals surface area contributed by atoms with Crippen LogP contribution in [0.25, 0.3) is 17.2 Å². The van der Waals surface area contributed by atoms with Gasteiger partial charge in [0.05, 0.1) is 7.11 Å². The first-order valence-electron chi connectivity index (χ1n) is 8.49. The standard InChI is InChI=1S/C23H19NO3/c1-27-23(26)21(24-22(25)20-10-6-3-7-11-20)16-17-12-14-19(15-13-17)18-8-4-2-5-9-18/h2-16H,1H3,(H,24,25)/b21-16+. The minimum Gasteiger partial charge on any atom is -0.464 e. The van der Waals surface area contributed by atoms with Crippen molar-refractivity contribution in [2.45, 2.75) is 0 Å². The summed E-state index contributed by atoms with van der Waals surface area (Å²) in [6, 6.07) is 26.4. The smallest absolute Gasteiger partial charge is 0.354 e. The molecular weight excluding hydrogens is 338 g/mol. The van der Waals surface area contributed by atoms with Crippen molar-refractivity contribution < 1.29 is 14.3 Å². The van der Waals surface area contributed by atoms with Crippen molar-refractivity contribution in [3.05, 3.63) is 102 Å². The number of ether oxygens (including phenoxy) is 1. The van der Waals surface area contributed by atoms with Crippen molar-refractivity contribution >= 4 is 18.0 Å². The average Bonchev–Trinajstić information content (AvgIpc) is 2.74. The summed E-state index contributed by atoms with van der Waals surface area (Å²) in [5, 5.41) is 2.63. The first-order chi connectivity index (χ1) is 13.2. The molecule has 3 rings (SSSR count). The van der Waals surface area contributed by atoms with Crippen molar-refractivity contribution in [1.29, 1.82) is 0 Å². The maximum Gasteiger partial charge on any atom is 0.354 e. The van der Waals surface area contributed by atoms with Gasteiger partial charge < -0.3 is 10.1 Å². The lowest BCUT2D eigenvalue weighted by molar-refractivity contribution is -0.136. The van der Waals surface area contributed by atoms with Crippen LogP contribution in [-0.4, -0.2) is 19.0 Å². The number of hydrogen-bond acceptors (Lipinski definition) is 3. The first-order valence-corrected chi connectivity index (χ1v) is 8.49. The lowest BCUT2D eigenvalue weighted by Crippen LogP contribution is -2.28. The molecule has 0 radical (unpaired) electrons. The van der Waals surface area contributed by atoms with Gasteiger partial charge in [0.1, 0.15) is 5.70 Å². The summed E-state index contributed by atoms with van der Waals surface area (Å²) in [6.45, 7) is 0. The summed E-state index contributed by atoms with van der Waals surface area (Å²) in [4.78, 5) is 24.4. The number of carbonyl (C=O) groups is 2. The van der Waals surface area contributed by atoms with Gasteiger partial charge in [-0.25, -0.2) is 4.79 Å². The minimum absolute atomic E-state index is 0.0822. The molecule has 0 fully saturated rings. The Labute approximate surface area is 158 Å². The van der Waals surface area contributed by atoms with Crippen LogP contribution >= 0.6 is 0 Å². The van der Waals surface area contributed by atoms with E-state index < -0.39 is 5.97 Å². The molecule has 0 aromatic heterocycles. The van der Waals surface area contributed by atoms with Crippen molar-refractivity contribution in [1.82, 2.24) is 5.32 Å². The zero-order valence-electron chi connectivity index (χ0n) is 14.9. The van der Waals surface area contributed by atoms with E-state index in [0.29, 0.717) is 5.56 Å². The third-order valence-electron chi connectivity index (χ3n) is 4.02. The Balaban J connectivity index is 1.83. The van der Waals surface area contributed by atoms with E-state index in [9.17, 15) is 9.59 Å². The molecule has 0 aliphatic carbocycles. The highest BCUT2D eigenvalue weighted by molar-refractivity contribution is 6.03. The summed E-state index contributed by atoms with van der Waals surface area (Å²) in [5.74, 6) is -0.973. The summed E-state index contributed by atoms with van der Waals surface area (Å²) >= 11 is 0. The molecule has 3 aromatic carbocycles. The van der Waals surface area contributed by atoms with Crippen LogP contribution in [0.5, 0.6) is 0 Å². The first kappa shape index (κ1) is 18.1. The van der Waals surface area contributed by atoms with Crippen molar-refractivity contribution in [2.24, 2.45) is 0 Å². The number of carbonyl (C=O) groups excluding carboxylic acids is 2. The maximum atomic E-state index is 12.3. The largest absolute Gasteiger partial charge is 0.464 e. The molecule has 3 aromatic rings. The Morgan fingerprint density at radius 3 is 1.93 bits per heavy atom. The van der Waals surface area contributed by atoms with Crippen LogP contribution in [-0.2, 0) is 9.53 Å². The molecule has 0 spiro atoms. The molecule has 0 unspecified atom stereocenters. The van der Waals surface area contributed by atoms with Crippen LogP contribution in [0.3, 0.4) is 0 Å². The Morgan fingerprint density at radius 1 is 0.778 bits per heavy atom. The summed E-state index contributed by atoms with van der Waals surface area (Å²) in [5.41, 5.74) is 3.51. The number of hydrogen-bond donors (Lipinski definition) is 1. The Morgan fingerprint density at radius 2 is 1.33 bits per heavy atom. The van der Waals surface area contributed by atoms with Gasteiger partial charge in [-0.15, -0.1) is 0 Å².